The Kier molecular flexibility index (Phi) is 7.06. The number of amides is 1. The molecule has 6 nitrogen and oxygen atoms in total. The van der Waals surface area contributed by atoms with Gasteiger partial charge in [-0.1, -0.05) is 45.0 Å². The Morgan fingerprint density at radius 1 is 1.03 bits per heavy atom. The third-order valence-electron chi connectivity index (χ3n) is 5.64. The van der Waals surface area contributed by atoms with Crippen LogP contribution >= 0.6 is 0 Å². The SMILES string of the molecule is COc1ccc(S(=O)(=O)NCc2ccc(C(C)(C)C)cc2)cc1C(=O)N1CCCCC1. The van der Waals surface area contributed by atoms with E-state index in [1.807, 2.05) is 24.3 Å². The molecule has 2 aromatic rings. The van der Waals surface area contributed by atoms with Crippen LogP contribution in [0.5, 0.6) is 5.75 Å². The van der Waals surface area contributed by atoms with Crippen molar-refractivity contribution in [2.24, 2.45) is 0 Å². The summed E-state index contributed by atoms with van der Waals surface area (Å²) in [5, 5.41) is 0. The Hall–Kier alpha value is -2.38. The van der Waals surface area contributed by atoms with Crippen LogP contribution < -0.4 is 9.46 Å². The van der Waals surface area contributed by atoms with Gasteiger partial charge in [0.15, 0.2) is 0 Å². The first-order valence-electron chi connectivity index (χ1n) is 10.7. The summed E-state index contributed by atoms with van der Waals surface area (Å²) < 4.78 is 33.8. The highest BCUT2D eigenvalue weighted by atomic mass is 32.2. The molecular weight excluding hydrogens is 412 g/mol. The minimum absolute atomic E-state index is 0.0401. The Morgan fingerprint density at radius 3 is 2.26 bits per heavy atom. The Bertz CT molecular complexity index is 1020. The van der Waals surface area contributed by atoms with Gasteiger partial charge >= 0.3 is 0 Å². The van der Waals surface area contributed by atoms with E-state index >= 15 is 0 Å². The molecule has 0 saturated carbocycles. The molecule has 0 atom stereocenters. The van der Waals surface area contributed by atoms with Gasteiger partial charge in [-0.25, -0.2) is 13.1 Å². The molecule has 1 aliphatic heterocycles. The number of hydrogen-bond donors (Lipinski definition) is 1. The first-order chi connectivity index (χ1) is 14.6. The fraction of sp³-hybridized carbons (Fsp3) is 0.458. The zero-order chi connectivity index (χ0) is 22.6. The van der Waals surface area contributed by atoms with E-state index < -0.39 is 10.0 Å². The number of piperidine rings is 1. The van der Waals surface area contributed by atoms with Gasteiger partial charge < -0.3 is 9.64 Å². The first-order valence-corrected chi connectivity index (χ1v) is 12.2. The van der Waals surface area contributed by atoms with Gasteiger partial charge in [-0.05, 0) is 54.0 Å². The predicted molar refractivity (Wildman–Crippen MR) is 122 cm³/mol. The highest BCUT2D eigenvalue weighted by Crippen LogP contribution is 2.26. The van der Waals surface area contributed by atoms with E-state index in [1.165, 1.54) is 24.8 Å². The van der Waals surface area contributed by atoms with Gasteiger partial charge in [0.2, 0.25) is 10.0 Å². The van der Waals surface area contributed by atoms with Crippen molar-refractivity contribution in [3.63, 3.8) is 0 Å². The van der Waals surface area contributed by atoms with Gasteiger partial charge in [0, 0.05) is 19.6 Å². The molecule has 7 heteroatoms. The standard InChI is InChI=1S/C24H32N2O4S/c1-24(2,3)19-10-8-18(9-11-19)17-25-31(28,29)20-12-13-22(30-4)21(16-20)23(27)26-14-6-5-7-15-26/h8-13,16,25H,5-7,14-15,17H2,1-4H3. The lowest BCUT2D eigenvalue weighted by molar-refractivity contribution is 0.0720. The molecule has 1 heterocycles. The Balaban J connectivity index is 1.78. The molecule has 0 bridgehead atoms. The number of methoxy groups -OCH3 is 1. The number of nitrogens with zero attached hydrogens (tertiary/aromatic N) is 1. The topological polar surface area (TPSA) is 75.7 Å². The fourth-order valence-electron chi connectivity index (χ4n) is 3.67. The van der Waals surface area contributed by atoms with Crippen molar-refractivity contribution in [3.05, 3.63) is 59.2 Å². The molecule has 0 aliphatic carbocycles. The second kappa shape index (κ2) is 9.40. The van der Waals surface area contributed by atoms with E-state index in [2.05, 4.69) is 25.5 Å². The average molecular weight is 445 g/mol. The summed E-state index contributed by atoms with van der Waals surface area (Å²) in [6.07, 6.45) is 3.03. The van der Waals surface area contributed by atoms with Crippen LogP contribution in [-0.4, -0.2) is 39.4 Å². The van der Waals surface area contributed by atoms with Crippen molar-refractivity contribution in [2.45, 2.75) is 56.9 Å². The number of likely N-dealkylation sites (tertiary alicyclic amines) is 1. The summed E-state index contributed by atoms with van der Waals surface area (Å²) in [4.78, 5) is 14.8. The molecule has 1 aliphatic rings. The van der Waals surface area contributed by atoms with Crippen LogP contribution in [0.1, 0.15) is 61.5 Å². The number of carbonyl (C=O) groups is 1. The molecule has 1 N–H and O–H groups in total. The number of rotatable bonds is 6. The molecule has 31 heavy (non-hydrogen) atoms. The lowest BCUT2D eigenvalue weighted by Crippen LogP contribution is -2.36. The zero-order valence-corrected chi connectivity index (χ0v) is 19.6. The fourth-order valence-corrected chi connectivity index (χ4v) is 4.72. The normalized spacial score (nSPS) is 15.0. The summed E-state index contributed by atoms with van der Waals surface area (Å²) in [6, 6.07) is 12.3. The van der Waals surface area contributed by atoms with Crippen LogP contribution in [-0.2, 0) is 22.0 Å². The van der Waals surface area contributed by atoms with Crippen molar-refractivity contribution in [2.75, 3.05) is 20.2 Å². The molecule has 1 amide bonds. The number of carbonyl (C=O) groups excluding carboxylic acids is 1. The average Bonchev–Trinajstić information content (AvgIpc) is 2.77. The molecular formula is C24H32N2O4S. The number of hydrogen-bond acceptors (Lipinski definition) is 4. The Morgan fingerprint density at radius 2 is 1.68 bits per heavy atom. The van der Waals surface area contributed by atoms with E-state index in [0.29, 0.717) is 18.8 Å². The van der Waals surface area contributed by atoms with E-state index in [0.717, 1.165) is 24.8 Å². The number of ether oxygens (including phenoxy) is 1. The van der Waals surface area contributed by atoms with E-state index in [4.69, 9.17) is 4.74 Å². The second-order valence-corrected chi connectivity index (χ2v) is 10.8. The maximum Gasteiger partial charge on any atom is 0.257 e. The highest BCUT2D eigenvalue weighted by molar-refractivity contribution is 7.89. The number of sulfonamides is 1. The molecule has 1 fully saturated rings. The van der Waals surface area contributed by atoms with E-state index in [9.17, 15) is 13.2 Å². The highest BCUT2D eigenvalue weighted by Gasteiger charge is 2.24. The van der Waals surface area contributed by atoms with Gasteiger partial charge in [0.25, 0.3) is 5.91 Å². The molecule has 0 spiro atoms. The molecule has 1 saturated heterocycles. The van der Waals surface area contributed by atoms with Gasteiger partial charge in [-0.15, -0.1) is 0 Å². The lowest BCUT2D eigenvalue weighted by Gasteiger charge is -2.27. The summed E-state index contributed by atoms with van der Waals surface area (Å²) in [7, 11) is -2.30. The molecule has 2 aromatic carbocycles. The maximum atomic E-state index is 13.0. The summed E-state index contributed by atoms with van der Waals surface area (Å²) in [6.45, 7) is 7.95. The van der Waals surface area contributed by atoms with Gasteiger partial charge in [0.1, 0.15) is 5.75 Å². The van der Waals surface area contributed by atoms with E-state index in [1.54, 1.807) is 11.0 Å². The van der Waals surface area contributed by atoms with Gasteiger partial charge in [-0.2, -0.15) is 0 Å². The van der Waals surface area contributed by atoms with Crippen molar-refractivity contribution in [3.8, 4) is 5.75 Å². The summed E-state index contributed by atoms with van der Waals surface area (Å²) >= 11 is 0. The van der Waals surface area contributed by atoms with Crippen LogP contribution in [0.4, 0.5) is 0 Å². The summed E-state index contributed by atoms with van der Waals surface area (Å²) in [5.74, 6) is 0.193. The largest absolute Gasteiger partial charge is 0.496 e. The van der Waals surface area contributed by atoms with Gasteiger partial charge in [0.05, 0.1) is 17.6 Å². The maximum absolute atomic E-state index is 13.0. The molecule has 0 unspecified atom stereocenters. The zero-order valence-electron chi connectivity index (χ0n) is 18.8. The van der Waals surface area contributed by atoms with Crippen LogP contribution in [0.25, 0.3) is 0 Å². The lowest BCUT2D eigenvalue weighted by atomic mass is 9.87. The van der Waals surface area contributed by atoms with Crippen LogP contribution in [0.15, 0.2) is 47.4 Å². The summed E-state index contributed by atoms with van der Waals surface area (Å²) in [5.41, 5.74) is 2.38. The molecule has 0 aromatic heterocycles. The predicted octanol–water partition coefficient (Wildman–Crippen LogP) is 4.10. The quantitative estimate of drug-likeness (QED) is 0.728. The monoisotopic (exact) mass is 444 g/mol. The molecule has 168 valence electrons. The van der Waals surface area contributed by atoms with Crippen molar-refractivity contribution >= 4 is 15.9 Å². The van der Waals surface area contributed by atoms with Crippen molar-refractivity contribution in [1.82, 2.24) is 9.62 Å². The number of benzene rings is 2. The van der Waals surface area contributed by atoms with Crippen LogP contribution in [0, 0.1) is 0 Å². The van der Waals surface area contributed by atoms with E-state index in [-0.39, 0.29) is 28.3 Å². The second-order valence-electron chi connectivity index (χ2n) is 8.99. The van der Waals surface area contributed by atoms with Crippen molar-refractivity contribution < 1.29 is 17.9 Å². The smallest absolute Gasteiger partial charge is 0.257 e. The third kappa shape index (κ3) is 5.66. The first kappa shape index (κ1) is 23.3. The van der Waals surface area contributed by atoms with Crippen LogP contribution in [0.2, 0.25) is 0 Å². The molecule has 0 radical (unpaired) electrons. The Labute approximate surface area is 185 Å². The molecule has 3 rings (SSSR count). The van der Waals surface area contributed by atoms with Crippen LogP contribution in [0.3, 0.4) is 0 Å². The van der Waals surface area contributed by atoms with Gasteiger partial charge in [-0.3, -0.25) is 4.79 Å². The van der Waals surface area contributed by atoms with Crippen molar-refractivity contribution in [1.29, 1.82) is 0 Å². The minimum Gasteiger partial charge on any atom is -0.496 e. The number of nitrogens with one attached hydrogen (secondary N) is 1. The minimum atomic E-state index is -3.79. The third-order valence-corrected chi connectivity index (χ3v) is 7.04.